The monoisotopic (exact) mass is 265 g/mol. The Morgan fingerprint density at radius 3 is 2.60 bits per heavy atom. The van der Waals surface area contributed by atoms with Gasteiger partial charge in [0.15, 0.2) is 0 Å². The average molecular weight is 265 g/mol. The number of benzene rings is 2. The molecule has 1 aromatic heterocycles. The SMILES string of the molecule is COc1ccc2[nH]c(=O)c(Cc3ccccc3)cc2c1. The Hall–Kier alpha value is -2.55. The highest BCUT2D eigenvalue weighted by Gasteiger charge is 2.05. The smallest absolute Gasteiger partial charge is 0.251 e. The number of hydrogen-bond donors (Lipinski definition) is 1. The summed E-state index contributed by atoms with van der Waals surface area (Å²) in [6, 6.07) is 17.5. The van der Waals surface area contributed by atoms with Gasteiger partial charge >= 0.3 is 0 Å². The second-order valence-electron chi connectivity index (χ2n) is 4.74. The molecule has 0 atom stereocenters. The number of methoxy groups -OCH3 is 1. The van der Waals surface area contributed by atoms with Crippen LogP contribution in [0.1, 0.15) is 11.1 Å². The molecule has 0 spiro atoms. The van der Waals surface area contributed by atoms with Crippen molar-refractivity contribution in [2.75, 3.05) is 7.11 Å². The predicted molar refractivity (Wildman–Crippen MR) is 80.4 cm³/mol. The number of pyridine rings is 1. The second kappa shape index (κ2) is 5.21. The lowest BCUT2D eigenvalue weighted by atomic mass is 10.0. The van der Waals surface area contributed by atoms with Crippen LogP contribution < -0.4 is 10.3 Å². The molecule has 100 valence electrons. The first-order chi connectivity index (χ1) is 9.76. The highest BCUT2D eigenvalue weighted by Crippen LogP contribution is 2.19. The van der Waals surface area contributed by atoms with Crippen molar-refractivity contribution in [3.63, 3.8) is 0 Å². The van der Waals surface area contributed by atoms with E-state index in [4.69, 9.17) is 4.74 Å². The van der Waals surface area contributed by atoms with E-state index in [1.807, 2.05) is 54.6 Å². The summed E-state index contributed by atoms with van der Waals surface area (Å²) < 4.78 is 5.22. The van der Waals surface area contributed by atoms with E-state index in [1.54, 1.807) is 7.11 Å². The van der Waals surface area contributed by atoms with E-state index in [1.165, 1.54) is 0 Å². The number of hydrogen-bond acceptors (Lipinski definition) is 2. The molecule has 0 saturated carbocycles. The van der Waals surface area contributed by atoms with Crippen LogP contribution in [0.3, 0.4) is 0 Å². The van der Waals surface area contributed by atoms with Crippen LogP contribution in [0.2, 0.25) is 0 Å². The van der Waals surface area contributed by atoms with Crippen LogP contribution in [0.25, 0.3) is 10.9 Å². The maximum Gasteiger partial charge on any atom is 0.251 e. The summed E-state index contributed by atoms with van der Waals surface area (Å²) in [5.74, 6) is 0.787. The molecule has 0 aliphatic carbocycles. The van der Waals surface area contributed by atoms with E-state index in [9.17, 15) is 4.79 Å². The molecular formula is C17H15NO2. The maximum absolute atomic E-state index is 12.1. The third-order valence-electron chi connectivity index (χ3n) is 3.37. The summed E-state index contributed by atoms with van der Waals surface area (Å²) in [4.78, 5) is 15.0. The van der Waals surface area contributed by atoms with Crippen molar-refractivity contribution < 1.29 is 4.74 Å². The molecule has 1 heterocycles. The predicted octanol–water partition coefficient (Wildman–Crippen LogP) is 3.13. The van der Waals surface area contributed by atoms with Crippen LogP contribution in [0.15, 0.2) is 59.4 Å². The van der Waals surface area contributed by atoms with E-state index < -0.39 is 0 Å². The van der Waals surface area contributed by atoms with Gasteiger partial charge in [-0.15, -0.1) is 0 Å². The fourth-order valence-corrected chi connectivity index (χ4v) is 2.30. The van der Waals surface area contributed by atoms with Crippen LogP contribution in [-0.4, -0.2) is 12.1 Å². The lowest BCUT2D eigenvalue weighted by Crippen LogP contribution is -2.12. The van der Waals surface area contributed by atoms with Crippen LogP contribution in [0.4, 0.5) is 0 Å². The van der Waals surface area contributed by atoms with E-state index in [2.05, 4.69) is 4.98 Å². The van der Waals surface area contributed by atoms with E-state index in [0.717, 1.165) is 27.8 Å². The zero-order chi connectivity index (χ0) is 13.9. The molecule has 0 unspecified atom stereocenters. The molecule has 3 nitrogen and oxygen atoms in total. The Labute approximate surface area is 116 Å². The number of rotatable bonds is 3. The first-order valence-electron chi connectivity index (χ1n) is 6.50. The number of nitrogens with one attached hydrogen (secondary N) is 1. The van der Waals surface area contributed by atoms with Gasteiger partial charge in [-0.2, -0.15) is 0 Å². The highest BCUT2D eigenvalue weighted by atomic mass is 16.5. The average Bonchev–Trinajstić information content (AvgIpc) is 2.48. The van der Waals surface area contributed by atoms with Crippen molar-refractivity contribution in [2.24, 2.45) is 0 Å². The van der Waals surface area contributed by atoms with Gasteiger partial charge in [0.05, 0.1) is 7.11 Å². The zero-order valence-electron chi connectivity index (χ0n) is 11.2. The van der Waals surface area contributed by atoms with Crippen molar-refractivity contribution in [3.05, 3.63) is 76.1 Å². The summed E-state index contributed by atoms with van der Waals surface area (Å²) >= 11 is 0. The lowest BCUT2D eigenvalue weighted by molar-refractivity contribution is 0.415. The summed E-state index contributed by atoms with van der Waals surface area (Å²) in [7, 11) is 1.64. The maximum atomic E-state index is 12.1. The molecule has 0 fully saturated rings. The summed E-state index contributed by atoms with van der Waals surface area (Å²) in [5, 5.41) is 0.981. The van der Waals surface area contributed by atoms with Gasteiger partial charge in [0.1, 0.15) is 5.75 Å². The Morgan fingerprint density at radius 2 is 1.85 bits per heavy atom. The first-order valence-corrected chi connectivity index (χ1v) is 6.50. The summed E-state index contributed by atoms with van der Waals surface area (Å²) in [6.45, 7) is 0. The molecule has 1 N–H and O–H groups in total. The number of aromatic amines is 1. The van der Waals surface area contributed by atoms with Crippen molar-refractivity contribution in [3.8, 4) is 5.75 Å². The Morgan fingerprint density at radius 1 is 1.05 bits per heavy atom. The van der Waals surface area contributed by atoms with Crippen LogP contribution >= 0.6 is 0 Å². The molecule has 2 aromatic carbocycles. The number of fused-ring (bicyclic) bond motifs is 1. The van der Waals surface area contributed by atoms with Gasteiger partial charge in [0, 0.05) is 22.9 Å². The normalized spacial score (nSPS) is 10.7. The van der Waals surface area contributed by atoms with Crippen LogP contribution in [-0.2, 0) is 6.42 Å². The standard InChI is InChI=1S/C17H15NO2/c1-20-15-7-8-16-13(11-15)10-14(17(19)18-16)9-12-5-3-2-4-6-12/h2-8,10-11H,9H2,1H3,(H,18,19). The third-order valence-corrected chi connectivity index (χ3v) is 3.37. The summed E-state index contributed by atoms with van der Waals surface area (Å²) in [6.07, 6.45) is 0.628. The van der Waals surface area contributed by atoms with Gasteiger partial charge in [-0.3, -0.25) is 4.79 Å². The van der Waals surface area contributed by atoms with Gasteiger partial charge in [-0.05, 0) is 29.8 Å². The zero-order valence-corrected chi connectivity index (χ0v) is 11.2. The summed E-state index contributed by atoms with van der Waals surface area (Å²) in [5.41, 5.74) is 2.68. The highest BCUT2D eigenvalue weighted by molar-refractivity contribution is 5.80. The fourth-order valence-electron chi connectivity index (χ4n) is 2.30. The van der Waals surface area contributed by atoms with Gasteiger partial charge in [-0.1, -0.05) is 30.3 Å². The quantitative estimate of drug-likeness (QED) is 0.790. The van der Waals surface area contributed by atoms with Crippen molar-refractivity contribution >= 4 is 10.9 Å². The Balaban J connectivity index is 2.06. The molecule has 0 bridgehead atoms. The van der Waals surface area contributed by atoms with E-state index in [-0.39, 0.29) is 5.56 Å². The van der Waals surface area contributed by atoms with Gasteiger partial charge in [0.25, 0.3) is 5.56 Å². The largest absolute Gasteiger partial charge is 0.497 e. The van der Waals surface area contributed by atoms with E-state index >= 15 is 0 Å². The minimum Gasteiger partial charge on any atom is -0.497 e. The van der Waals surface area contributed by atoms with Gasteiger partial charge in [0.2, 0.25) is 0 Å². The molecule has 0 radical (unpaired) electrons. The Kier molecular flexibility index (Phi) is 3.25. The van der Waals surface area contributed by atoms with Crippen molar-refractivity contribution in [2.45, 2.75) is 6.42 Å². The van der Waals surface area contributed by atoms with Gasteiger partial charge < -0.3 is 9.72 Å². The second-order valence-corrected chi connectivity index (χ2v) is 4.74. The topological polar surface area (TPSA) is 42.1 Å². The number of H-pyrrole nitrogens is 1. The van der Waals surface area contributed by atoms with E-state index in [0.29, 0.717) is 6.42 Å². The number of aromatic nitrogens is 1. The minimum absolute atomic E-state index is 0.0356. The molecule has 0 saturated heterocycles. The third kappa shape index (κ3) is 2.43. The minimum atomic E-state index is -0.0356. The molecule has 3 rings (SSSR count). The molecule has 3 aromatic rings. The molecule has 0 amide bonds. The van der Waals surface area contributed by atoms with Gasteiger partial charge in [-0.25, -0.2) is 0 Å². The van der Waals surface area contributed by atoms with Crippen LogP contribution in [0.5, 0.6) is 5.75 Å². The van der Waals surface area contributed by atoms with Crippen molar-refractivity contribution in [1.29, 1.82) is 0 Å². The molecule has 0 aliphatic heterocycles. The van der Waals surface area contributed by atoms with Crippen LogP contribution in [0, 0.1) is 0 Å². The lowest BCUT2D eigenvalue weighted by Gasteiger charge is -2.05. The molecule has 20 heavy (non-hydrogen) atoms. The molecule has 0 aliphatic rings. The molecular weight excluding hydrogens is 250 g/mol. The fraction of sp³-hybridized carbons (Fsp3) is 0.118. The Bertz CT molecular complexity index is 791. The first kappa shape index (κ1) is 12.5. The molecule has 3 heteroatoms. The number of ether oxygens (including phenoxy) is 1. The van der Waals surface area contributed by atoms with Crippen molar-refractivity contribution in [1.82, 2.24) is 4.98 Å².